The summed E-state index contributed by atoms with van der Waals surface area (Å²) in [4.78, 5) is 70.6. The Labute approximate surface area is 287 Å². The van der Waals surface area contributed by atoms with Crippen LogP contribution in [0.25, 0.3) is 0 Å². The lowest BCUT2D eigenvalue weighted by molar-refractivity contribution is -0.141. The number of carbonyl (C=O) groups is 5. The minimum Gasteiger partial charge on any atom is -0.444 e. The van der Waals surface area contributed by atoms with E-state index in [1.54, 1.807) is 25.7 Å². The van der Waals surface area contributed by atoms with Gasteiger partial charge >= 0.3 is 12.2 Å². The average Bonchev–Trinajstić information content (AvgIpc) is 3.54. The summed E-state index contributed by atoms with van der Waals surface area (Å²) in [5.41, 5.74) is -0.173. The molecule has 3 aliphatic heterocycles. The van der Waals surface area contributed by atoms with Crippen LogP contribution in [0, 0.1) is 5.92 Å². The lowest BCUT2D eigenvalue weighted by atomic mass is 10.0. The third-order valence-electron chi connectivity index (χ3n) is 9.27. The van der Waals surface area contributed by atoms with Crippen LogP contribution in [-0.4, -0.2) is 96.8 Å². The maximum atomic E-state index is 14.2. The lowest BCUT2D eigenvalue weighted by Crippen LogP contribution is -2.58. The quantitative estimate of drug-likeness (QED) is 0.398. The van der Waals surface area contributed by atoms with Crippen molar-refractivity contribution in [3.05, 3.63) is 47.5 Å². The van der Waals surface area contributed by atoms with E-state index in [-0.39, 0.29) is 25.8 Å². The molecule has 0 bridgehead atoms. The van der Waals surface area contributed by atoms with Crippen LogP contribution in [0.5, 0.6) is 0 Å². The zero-order valence-corrected chi connectivity index (χ0v) is 29.3. The van der Waals surface area contributed by atoms with Gasteiger partial charge in [0.1, 0.15) is 29.3 Å². The molecule has 1 unspecified atom stereocenters. The molecular formula is C34H47N5O9S. The number of sulfonamides is 1. The van der Waals surface area contributed by atoms with Crippen molar-refractivity contribution in [1.82, 2.24) is 25.2 Å². The SMILES string of the molecule is CC(C)(C)OC(=O)N[C@H]1CCCCCC=C[C@@H]2C[C@@]2(C(=O)NS(C)(=O)=O)NC(=O)C2C[C@@H](OC(=O)N3CCc4ccccc4C3)CN2C1=O. The molecule has 4 aliphatic rings. The molecular weight excluding hydrogens is 654 g/mol. The van der Waals surface area contributed by atoms with Crippen molar-refractivity contribution < 1.29 is 41.9 Å². The Kier molecular flexibility index (Phi) is 10.6. The number of nitrogens with one attached hydrogen (secondary N) is 3. The number of carbonyl (C=O) groups excluding carboxylic acids is 5. The largest absolute Gasteiger partial charge is 0.444 e. The number of amides is 5. The van der Waals surface area contributed by atoms with E-state index in [4.69, 9.17) is 9.47 Å². The highest BCUT2D eigenvalue weighted by atomic mass is 32.2. The van der Waals surface area contributed by atoms with Crippen molar-refractivity contribution in [2.45, 2.75) is 108 Å². The average molecular weight is 702 g/mol. The van der Waals surface area contributed by atoms with Gasteiger partial charge in [0.05, 0.1) is 12.8 Å². The van der Waals surface area contributed by atoms with E-state index < -0.39 is 75.2 Å². The maximum Gasteiger partial charge on any atom is 0.410 e. The van der Waals surface area contributed by atoms with E-state index >= 15 is 0 Å². The normalized spacial score (nSPS) is 27.7. The number of hydrogen-bond acceptors (Lipinski definition) is 9. The second-order valence-corrected chi connectivity index (χ2v) is 16.2. The van der Waals surface area contributed by atoms with Gasteiger partial charge in [-0.05, 0) is 64.0 Å². The van der Waals surface area contributed by atoms with Crippen LogP contribution in [0.4, 0.5) is 9.59 Å². The lowest BCUT2D eigenvalue weighted by Gasteiger charge is -2.30. The first-order valence-corrected chi connectivity index (χ1v) is 18.8. The highest BCUT2D eigenvalue weighted by Crippen LogP contribution is 2.45. The van der Waals surface area contributed by atoms with E-state index in [0.29, 0.717) is 32.4 Å². The summed E-state index contributed by atoms with van der Waals surface area (Å²) < 4.78 is 37.3. The molecule has 5 amide bonds. The molecule has 5 atom stereocenters. The summed E-state index contributed by atoms with van der Waals surface area (Å²) in [6, 6.07) is 5.63. The third kappa shape index (κ3) is 9.11. The van der Waals surface area contributed by atoms with Crippen LogP contribution < -0.4 is 15.4 Å². The third-order valence-corrected chi connectivity index (χ3v) is 9.83. The van der Waals surface area contributed by atoms with Gasteiger partial charge in [-0.1, -0.05) is 49.3 Å². The number of ether oxygens (including phenoxy) is 2. The molecule has 268 valence electrons. The zero-order chi connectivity index (χ0) is 35.6. The molecule has 3 heterocycles. The number of alkyl carbamates (subject to hydrolysis) is 1. The fraction of sp³-hybridized carbons (Fsp3) is 0.618. The van der Waals surface area contributed by atoms with Gasteiger partial charge in [0.2, 0.25) is 21.8 Å². The van der Waals surface area contributed by atoms with E-state index in [9.17, 15) is 32.4 Å². The van der Waals surface area contributed by atoms with Crippen molar-refractivity contribution in [1.29, 1.82) is 0 Å². The molecule has 49 heavy (non-hydrogen) atoms. The van der Waals surface area contributed by atoms with Crippen molar-refractivity contribution in [2.75, 3.05) is 19.3 Å². The molecule has 2 fully saturated rings. The summed E-state index contributed by atoms with van der Waals surface area (Å²) in [5.74, 6) is -2.56. The van der Waals surface area contributed by atoms with E-state index in [1.807, 2.05) is 41.1 Å². The van der Waals surface area contributed by atoms with Gasteiger partial charge < -0.3 is 29.9 Å². The topological polar surface area (TPSA) is 181 Å². The first kappa shape index (κ1) is 36.1. The molecule has 1 saturated carbocycles. The molecule has 3 N–H and O–H groups in total. The van der Waals surface area contributed by atoms with Gasteiger partial charge in [-0.25, -0.2) is 18.0 Å². The number of hydrogen-bond donors (Lipinski definition) is 3. The van der Waals surface area contributed by atoms with Crippen LogP contribution >= 0.6 is 0 Å². The number of fused-ring (bicyclic) bond motifs is 3. The van der Waals surface area contributed by atoms with Crippen LogP contribution in [0.15, 0.2) is 36.4 Å². The van der Waals surface area contributed by atoms with Crippen LogP contribution in [0.3, 0.4) is 0 Å². The smallest absolute Gasteiger partial charge is 0.410 e. The Bertz CT molecular complexity index is 1610. The molecule has 0 radical (unpaired) electrons. The first-order chi connectivity index (χ1) is 23.0. The van der Waals surface area contributed by atoms with Crippen LogP contribution in [0.1, 0.15) is 76.8 Å². The van der Waals surface area contributed by atoms with Gasteiger partial charge in [-0.15, -0.1) is 0 Å². The highest BCUT2D eigenvalue weighted by Gasteiger charge is 2.61. The molecule has 15 heteroatoms. The summed E-state index contributed by atoms with van der Waals surface area (Å²) in [6.45, 7) is 5.82. The van der Waals surface area contributed by atoms with Crippen molar-refractivity contribution in [2.24, 2.45) is 5.92 Å². The van der Waals surface area contributed by atoms with Gasteiger partial charge in [0.15, 0.2) is 0 Å². The Morgan fingerprint density at radius 1 is 1.06 bits per heavy atom. The number of rotatable bonds is 4. The molecule has 14 nitrogen and oxygen atoms in total. The van der Waals surface area contributed by atoms with Crippen LogP contribution in [-0.2, 0) is 46.8 Å². The molecule has 5 rings (SSSR count). The minimum absolute atomic E-state index is 0.0584. The predicted octanol–water partition coefficient (Wildman–Crippen LogP) is 2.52. The molecule has 1 aliphatic carbocycles. The molecule has 0 spiro atoms. The summed E-state index contributed by atoms with van der Waals surface area (Å²) >= 11 is 0. The van der Waals surface area contributed by atoms with E-state index in [1.165, 1.54) is 4.90 Å². The summed E-state index contributed by atoms with van der Waals surface area (Å²) in [5, 5.41) is 5.45. The first-order valence-electron chi connectivity index (χ1n) is 16.9. The predicted molar refractivity (Wildman–Crippen MR) is 178 cm³/mol. The number of benzene rings is 1. The highest BCUT2D eigenvalue weighted by molar-refractivity contribution is 7.89. The fourth-order valence-electron chi connectivity index (χ4n) is 6.74. The second kappa shape index (κ2) is 14.4. The van der Waals surface area contributed by atoms with E-state index in [0.717, 1.165) is 30.2 Å². The Hall–Kier alpha value is -4.14. The standard InChI is InChI=1S/C34H47N5O9S/c1-33(2,3)48-31(43)35-26-15-9-7-5-6-8-14-24-19-34(24,30(42)37-49(4,45)46)36-28(40)27-18-25(21-39(27)29(26)41)47-32(44)38-17-16-22-12-10-11-13-23(22)20-38/h8,10-14,24-27H,5-7,9,15-21H2,1-4H3,(H,35,43)(H,36,40)(H,37,42)/t24-,25-,26+,27?,34-/m1/s1. The van der Waals surface area contributed by atoms with Crippen molar-refractivity contribution in [3.8, 4) is 0 Å². The summed E-state index contributed by atoms with van der Waals surface area (Å²) in [6.07, 6.45) is 6.23. The van der Waals surface area contributed by atoms with Gasteiger partial charge in [0, 0.05) is 25.4 Å². The van der Waals surface area contributed by atoms with Crippen molar-refractivity contribution >= 4 is 39.9 Å². The van der Waals surface area contributed by atoms with Crippen molar-refractivity contribution in [3.63, 3.8) is 0 Å². The Morgan fingerprint density at radius 3 is 2.51 bits per heavy atom. The van der Waals surface area contributed by atoms with Gasteiger partial charge in [-0.3, -0.25) is 19.1 Å². The number of nitrogens with zero attached hydrogens (tertiary/aromatic N) is 2. The van der Waals surface area contributed by atoms with Crippen LogP contribution in [0.2, 0.25) is 0 Å². The molecule has 1 aromatic rings. The zero-order valence-electron chi connectivity index (χ0n) is 28.5. The van der Waals surface area contributed by atoms with E-state index in [2.05, 4.69) is 10.6 Å². The Balaban J connectivity index is 1.40. The monoisotopic (exact) mass is 701 g/mol. The van der Waals surface area contributed by atoms with Gasteiger partial charge in [-0.2, -0.15) is 0 Å². The fourth-order valence-corrected chi connectivity index (χ4v) is 7.26. The second-order valence-electron chi connectivity index (χ2n) is 14.4. The molecule has 1 saturated heterocycles. The Morgan fingerprint density at radius 2 is 1.80 bits per heavy atom. The maximum absolute atomic E-state index is 14.2. The molecule has 0 aromatic heterocycles. The number of allylic oxidation sites excluding steroid dienone is 1. The van der Waals surface area contributed by atoms with Gasteiger partial charge in [0.25, 0.3) is 5.91 Å². The minimum atomic E-state index is -3.93. The summed E-state index contributed by atoms with van der Waals surface area (Å²) in [7, 11) is -3.93. The molecule has 1 aromatic carbocycles.